The minimum atomic E-state index is -0.175. The number of carbonyl (C=O) groups excluding carboxylic acids is 1. The molecule has 0 aromatic rings. The number of epoxide rings is 1. The smallest absolute Gasteiger partial charge is 0.302 e. The molecule has 1 aliphatic heterocycles. The van der Waals surface area contributed by atoms with Crippen molar-refractivity contribution in [3.05, 3.63) is 0 Å². The molecular weight excluding hydrogens is 168 g/mol. The van der Waals surface area contributed by atoms with E-state index in [1.807, 2.05) is 0 Å². The monoisotopic (exact) mass is 186 g/mol. The summed E-state index contributed by atoms with van der Waals surface area (Å²) < 4.78 is 9.92. The molecule has 0 aliphatic carbocycles. The van der Waals surface area contributed by atoms with Gasteiger partial charge in [0.05, 0.1) is 19.3 Å². The molecule has 0 aromatic heterocycles. The van der Waals surface area contributed by atoms with Gasteiger partial charge in [0.1, 0.15) is 0 Å². The molecule has 1 aliphatic rings. The van der Waals surface area contributed by atoms with Gasteiger partial charge in [-0.2, -0.15) is 0 Å². The van der Waals surface area contributed by atoms with E-state index in [2.05, 4.69) is 0 Å². The number of hydrogen-bond acceptors (Lipinski definition) is 3. The zero-order chi connectivity index (χ0) is 9.52. The van der Waals surface area contributed by atoms with E-state index in [0.29, 0.717) is 12.7 Å². The largest absolute Gasteiger partial charge is 0.466 e. The van der Waals surface area contributed by atoms with Gasteiger partial charge in [0.25, 0.3) is 0 Å². The van der Waals surface area contributed by atoms with Gasteiger partial charge in [-0.05, 0) is 12.8 Å². The maximum atomic E-state index is 10.4. The average molecular weight is 186 g/mol. The van der Waals surface area contributed by atoms with Crippen molar-refractivity contribution in [1.29, 1.82) is 0 Å². The lowest BCUT2D eigenvalue weighted by Gasteiger charge is -2.01. The SMILES string of the molecule is CC(=O)OCCCCCCC1CO1. The van der Waals surface area contributed by atoms with Crippen LogP contribution in [-0.2, 0) is 14.3 Å². The fraction of sp³-hybridized carbons (Fsp3) is 0.900. The Balaban J connectivity index is 1.70. The highest BCUT2D eigenvalue weighted by Crippen LogP contribution is 2.17. The van der Waals surface area contributed by atoms with E-state index in [1.165, 1.54) is 26.2 Å². The first kappa shape index (κ1) is 10.5. The summed E-state index contributed by atoms with van der Waals surface area (Å²) in [5.41, 5.74) is 0. The Morgan fingerprint density at radius 1 is 1.38 bits per heavy atom. The summed E-state index contributed by atoms with van der Waals surface area (Å²) in [6, 6.07) is 0. The van der Waals surface area contributed by atoms with Gasteiger partial charge in [0.15, 0.2) is 0 Å². The molecule has 0 N–H and O–H groups in total. The fourth-order valence-corrected chi connectivity index (χ4v) is 1.28. The molecule has 3 heteroatoms. The van der Waals surface area contributed by atoms with E-state index in [9.17, 15) is 4.79 Å². The second kappa shape index (κ2) is 5.97. The highest BCUT2D eigenvalue weighted by molar-refractivity contribution is 5.65. The zero-order valence-electron chi connectivity index (χ0n) is 8.25. The van der Waals surface area contributed by atoms with Gasteiger partial charge in [0.2, 0.25) is 0 Å². The highest BCUT2D eigenvalue weighted by Gasteiger charge is 2.20. The molecule has 1 heterocycles. The van der Waals surface area contributed by atoms with Crippen LogP contribution in [0.3, 0.4) is 0 Å². The van der Waals surface area contributed by atoms with Crippen molar-refractivity contribution in [3.63, 3.8) is 0 Å². The van der Waals surface area contributed by atoms with Crippen LogP contribution in [0.25, 0.3) is 0 Å². The van der Waals surface area contributed by atoms with Crippen molar-refractivity contribution in [2.24, 2.45) is 0 Å². The van der Waals surface area contributed by atoms with Crippen molar-refractivity contribution < 1.29 is 14.3 Å². The lowest BCUT2D eigenvalue weighted by atomic mass is 10.1. The molecule has 1 rings (SSSR count). The first-order chi connectivity index (χ1) is 6.29. The van der Waals surface area contributed by atoms with Gasteiger partial charge in [0, 0.05) is 6.92 Å². The average Bonchev–Trinajstić information content (AvgIpc) is 2.86. The second-order valence-electron chi connectivity index (χ2n) is 3.50. The standard InChI is InChI=1S/C10H18O3/c1-9(11)12-7-5-3-2-4-6-10-8-13-10/h10H,2-8H2,1H3. The summed E-state index contributed by atoms with van der Waals surface area (Å²) in [6.07, 6.45) is 6.37. The molecule has 0 amide bonds. The maximum Gasteiger partial charge on any atom is 0.302 e. The van der Waals surface area contributed by atoms with Gasteiger partial charge in [-0.25, -0.2) is 0 Å². The van der Waals surface area contributed by atoms with E-state index in [4.69, 9.17) is 9.47 Å². The lowest BCUT2D eigenvalue weighted by molar-refractivity contribution is -0.141. The fourth-order valence-electron chi connectivity index (χ4n) is 1.28. The van der Waals surface area contributed by atoms with Crippen molar-refractivity contribution in [2.75, 3.05) is 13.2 Å². The lowest BCUT2D eigenvalue weighted by Crippen LogP contribution is -2.00. The molecule has 3 nitrogen and oxygen atoms in total. The van der Waals surface area contributed by atoms with Crippen LogP contribution < -0.4 is 0 Å². The molecule has 1 saturated heterocycles. The predicted molar refractivity (Wildman–Crippen MR) is 49.5 cm³/mol. The number of esters is 1. The van der Waals surface area contributed by atoms with Crippen LogP contribution in [0.1, 0.15) is 39.0 Å². The topological polar surface area (TPSA) is 38.8 Å². The molecule has 0 spiro atoms. The Morgan fingerprint density at radius 3 is 2.69 bits per heavy atom. The van der Waals surface area contributed by atoms with Crippen molar-refractivity contribution in [1.82, 2.24) is 0 Å². The number of carbonyl (C=O) groups is 1. The van der Waals surface area contributed by atoms with Gasteiger partial charge < -0.3 is 9.47 Å². The molecule has 0 bridgehead atoms. The van der Waals surface area contributed by atoms with Crippen molar-refractivity contribution in [2.45, 2.75) is 45.1 Å². The normalized spacial score (nSPS) is 19.9. The van der Waals surface area contributed by atoms with Gasteiger partial charge in [-0.3, -0.25) is 4.79 Å². The second-order valence-corrected chi connectivity index (χ2v) is 3.50. The number of ether oxygens (including phenoxy) is 2. The zero-order valence-corrected chi connectivity index (χ0v) is 8.25. The molecule has 0 aromatic carbocycles. The van der Waals surface area contributed by atoms with E-state index < -0.39 is 0 Å². The Hall–Kier alpha value is -0.570. The summed E-state index contributed by atoms with van der Waals surface area (Å²) in [6.45, 7) is 2.99. The molecule has 13 heavy (non-hydrogen) atoms. The summed E-state index contributed by atoms with van der Waals surface area (Å²) in [7, 11) is 0. The maximum absolute atomic E-state index is 10.4. The van der Waals surface area contributed by atoms with Crippen molar-refractivity contribution in [3.8, 4) is 0 Å². The van der Waals surface area contributed by atoms with Crippen molar-refractivity contribution >= 4 is 5.97 Å². The minimum absolute atomic E-state index is 0.175. The minimum Gasteiger partial charge on any atom is -0.466 e. The third-order valence-electron chi connectivity index (χ3n) is 2.13. The van der Waals surface area contributed by atoms with E-state index in [1.54, 1.807) is 0 Å². The number of rotatable bonds is 7. The Labute approximate surface area is 79.4 Å². The third kappa shape index (κ3) is 6.58. The number of unbranched alkanes of at least 4 members (excludes halogenated alkanes) is 3. The summed E-state index contributed by atoms with van der Waals surface area (Å²) in [4.78, 5) is 10.4. The first-order valence-electron chi connectivity index (χ1n) is 5.04. The van der Waals surface area contributed by atoms with Crippen LogP contribution in [0.2, 0.25) is 0 Å². The van der Waals surface area contributed by atoms with Crippen LogP contribution in [-0.4, -0.2) is 25.3 Å². The molecule has 0 saturated carbocycles. The van der Waals surface area contributed by atoms with E-state index in [0.717, 1.165) is 19.4 Å². The Morgan fingerprint density at radius 2 is 2.08 bits per heavy atom. The van der Waals surface area contributed by atoms with E-state index in [-0.39, 0.29) is 5.97 Å². The summed E-state index contributed by atoms with van der Waals surface area (Å²) in [5.74, 6) is -0.175. The molecule has 0 radical (unpaired) electrons. The Bertz CT molecular complexity index is 152. The Kier molecular flexibility index (Phi) is 4.83. The van der Waals surface area contributed by atoms with Gasteiger partial charge >= 0.3 is 5.97 Å². The highest BCUT2D eigenvalue weighted by atomic mass is 16.6. The molecule has 1 unspecified atom stereocenters. The summed E-state index contributed by atoms with van der Waals surface area (Å²) >= 11 is 0. The predicted octanol–water partition coefficient (Wildman–Crippen LogP) is 1.90. The van der Waals surface area contributed by atoms with Crippen LogP contribution in [0.5, 0.6) is 0 Å². The summed E-state index contributed by atoms with van der Waals surface area (Å²) in [5, 5.41) is 0. The molecule has 1 fully saturated rings. The van der Waals surface area contributed by atoms with Crippen LogP contribution >= 0.6 is 0 Å². The van der Waals surface area contributed by atoms with E-state index >= 15 is 0 Å². The first-order valence-corrected chi connectivity index (χ1v) is 5.04. The van der Waals surface area contributed by atoms with Gasteiger partial charge in [-0.1, -0.05) is 19.3 Å². The van der Waals surface area contributed by atoms with Crippen LogP contribution in [0.15, 0.2) is 0 Å². The molecular formula is C10H18O3. The third-order valence-corrected chi connectivity index (χ3v) is 2.13. The van der Waals surface area contributed by atoms with Gasteiger partial charge in [-0.15, -0.1) is 0 Å². The molecule has 76 valence electrons. The quantitative estimate of drug-likeness (QED) is 0.346. The van der Waals surface area contributed by atoms with Crippen LogP contribution in [0.4, 0.5) is 0 Å². The molecule has 1 atom stereocenters. The van der Waals surface area contributed by atoms with Crippen LogP contribution in [0, 0.1) is 0 Å². The number of hydrogen-bond donors (Lipinski definition) is 0.